The molecule has 0 amide bonds. The summed E-state index contributed by atoms with van der Waals surface area (Å²) in [5.74, 6) is 1.39. The van der Waals surface area contributed by atoms with Gasteiger partial charge in [0, 0.05) is 30.4 Å². The van der Waals surface area contributed by atoms with Crippen LogP contribution in [0.5, 0.6) is 5.75 Å². The molecule has 7 heteroatoms. The number of guanidine groups is 1. The quantitative estimate of drug-likeness (QED) is 0.831. The second-order valence-corrected chi connectivity index (χ2v) is 6.52. The first-order valence-corrected chi connectivity index (χ1v) is 8.61. The van der Waals surface area contributed by atoms with Crippen molar-refractivity contribution in [1.82, 2.24) is 14.5 Å². The number of aromatic nitrogens is 2. The van der Waals surface area contributed by atoms with Crippen molar-refractivity contribution in [3.05, 3.63) is 51.9 Å². The molecule has 7 nitrogen and oxygen atoms in total. The standard InChI is InChI=1S/C18H21N5O2/c1-12-10-15(25)23-16(13-6-5-7-14(24)11-13)20-17(21-18(23)19-12)22-8-3-2-4-9-22/h5-7,10-11,16,24H,2-4,8-9H2,1H3,(H,19,20,21)/t16-/m1/s1. The summed E-state index contributed by atoms with van der Waals surface area (Å²) >= 11 is 0. The van der Waals surface area contributed by atoms with E-state index >= 15 is 0 Å². The maximum absolute atomic E-state index is 12.6. The van der Waals surface area contributed by atoms with Crippen molar-refractivity contribution >= 4 is 11.9 Å². The molecule has 2 N–H and O–H groups in total. The number of phenolic OH excluding ortho intramolecular Hbond substituents is 1. The molecule has 25 heavy (non-hydrogen) atoms. The summed E-state index contributed by atoms with van der Waals surface area (Å²) in [6.45, 7) is 3.68. The number of aryl methyl sites for hydroxylation is 1. The van der Waals surface area contributed by atoms with Gasteiger partial charge in [0.1, 0.15) is 5.75 Å². The molecule has 3 heterocycles. The summed E-state index contributed by atoms with van der Waals surface area (Å²) in [4.78, 5) is 24.1. The van der Waals surface area contributed by atoms with Gasteiger partial charge in [-0.2, -0.15) is 0 Å². The van der Waals surface area contributed by atoms with E-state index in [0.29, 0.717) is 11.6 Å². The first-order valence-electron chi connectivity index (χ1n) is 8.61. The Morgan fingerprint density at radius 2 is 2.00 bits per heavy atom. The summed E-state index contributed by atoms with van der Waals surface area (Å²) in [6.07, 6.45) is 2.95. The molecule has 2 aromatic rings. The fourth-order valence-corrected chi connectivity index (χ4v) is 3.41. The predicted octanol–water partition coefficient (Wildman–Crippen LogP) is 2.07. The van der Waals surface area contributed by atoms with E-state index in [-0.39, 0.29) is 11.3 Å². The van der Waals surface area contributed by atoms with Crippen molar-refractivity contribution in [2.75, 3.05) is 18.4 Å². The molecule has 1 atom stereocenters. The van der Waals surface area contributed by atoms with Gasteiger partial charge < -0.3 is 10.0 Å². The fraction of sp³-hybridized carbons (Fsp3) is 0.389. The van der Waals surface area contributed by atoms with Crippen molar-refractivity contribution in [2.45, 2.75) is 32.4 Å². The van der Waals surface area contributed by atoms with E-state index in [0.717, 1.165) is 37.5 Å². The van der Waals surface area contributed by atoms with Crippen molar-refractivity contribution in [3.63, 3.8) is 0 Å². The van der Waals surface area contributed by atoms with E-state index in [1.807, 2.05) is 6.07 Å². The van der Waals surface area contributed by atoms with E-state index in [2.05, 4.69) is 15.2 Å². The maximum Gasteiger partial charge on any atom is 0.257 e. The lowest BCUT2D eigenvalue weighted by molar-refractivity contribution is 0.335. The molecule has 0 saturated carbocycles. The molecule has 0 radical (unpaired) electrons. The Kier molecular flexibility index (Phi) is 3.91. The number of hydrogen-bond acceptors (Lipinski definition) is 6. The van der Waals surface area contributed by atoms with Crippen LogP contribution in [0.2, 0.25) is 0 Å². The lowest BCUT2D eigenvalue weighted by Crippen LogP contribution is -2.45. The number of fused-ring (bicyclic) bond motifs is 1. The molecule has 130 valence electrons. The molecule has 0 aliphatic carbocycles. The maximum atomic E-state index is 12.6. The Balaban J connectivity index is 1.83. The summed E-state index contributed by atoms with van der Waals surface area (Å²) in [6, 6.07) is 8.38. The zero-order valence-corrected chi connectivity index (χ0v) is 14.1. The van der Waals surface area contributed by atoms with Crippen molar-refractivity contribution in [1.29, 1.82) is 0 Å². The van der Waals surface area contributed by atoms with Crippen molar-refractivity contribution < 1.29 is 5.11 Å². The molecule has 0 bridgehead atoms. The van der Waals surface area contributed by atoms with Gasteiger partial charge in [0.15, 0.2) is 6.17 Å². The number of likely N-dealkylation sites (tertiary alicyclic amines) is 1. The number of rotatable bonds is 1. The highest BCUT2D eigenvalue weighted by molar-refractivity contribution is 5.93. The van der Waals surface area contributed by atoms with Crippen LogP contribution in [0.3, 0.4) is 0 Å². The average Bonchev–Trinajstić information content (AvgIpc) is 2.61. The number of benzene rings is 1. The molecular weight excluding hydrogens is 318 g/mol. The summed E-state index contributed by atoms with van der Waals surface area (Å²) in [7, 11) is 0. The predicted molar refractivity (Wildman–Crippen MR) is 96.0 cm³/mol. The van der Waals surface area contributed by atoms with Crippen LogP contribution in [0, 0.1) is 6.92 Å². The number of hydrogen-bond donors (Lipinski definition) is 2. The zero-order valence-electron chi connectivity index (χ0n) is 14.1. The van der Waals surface area contributed by atoms with Gasteiger partial charge in [-0.15, -0.1) is 0 Å². The van der Waals surface area contributed by atoms with Crippen molar-refractivity contribution in [2.24, 2.45) is 4.99 Å². The molecule has 1 fully saturated rings. The number of nitrogens with one attached hydrogen (secondary N) is 1. The molecule has 1 saturated heterocycles. The molecule has 1 aromatic carbocycles. The van der Waals surface area contributed by atoms with Crippen LogP contribution in [0.4, 0.5) is 5.95 Å². The van der Waals surface area contributed by atoms with Gasteiger partial charge >= 0.3 is 0 Å². The fourth-order valence-electron chi connectivity index (χ4n) is 3.41. The molecule has 1 aromatic heterocycles. The smallest absolute Gasteiger partial charge is 0.257 e. The summed E-state index contributed by atoms with van der Waals surface area (Å²) < 4.78 is 1.54. The lowest BCUT2D eigenvalue weighted by Gasteiger charge is -2.34. The van der Waals surface area contributed by atoms with Crippen LogP contribution in [0.15, 0.2) is 40.1 Å². The number of piperidine rings is 1. The van der Waals surface area contributed by atoms with Crippen molar-refractivity contribution in [3.8, 4) is 5.75 Å². The Morgan fingerprint density at radius 1 is 1.20 bits per heavy atom. The zero-order chi connectivity index (χ0) is 17.4. The SMILES string of the molecule is Cc1cc(=O)n2c(n1)NC(N1CCCCC1)=N[C@H]2c1cccc(O)c1. The van der Waals surface area contributed by atoms with Gasteiger partial charge in [-0.25, -0.2) is 9.98 Å². The van der Waals surface area contributed by atoms with Crippen LogP contribution < -0.4 is 10.9 Å². The van der Waals surface area contributed by atoms with Crippen LogP contribution in [0.1, 0.15) is 36.7 Å². The number of aromatic hydroxyl groups is 1. The Morgan fingerprint density at radius 3 is 2.76 bits per heavy atom. The minimum absolute atomic E-state index is 0.153. The molecule has 0 spiro atoms. The Bertz CT molecular complexity index is 883. The third kappa shape index (κ3) is 2.97. The van der Waals surface area contributed by atoms with Crippen LogP contribution in [-0.4, -0.2) is 38.6 Å². The summed E-state index contributed by atoms with van der Waals surface area (Å²) in [5, 5.41) is 13.1. The third-order valence-corrected chi connectivity index (χ3v) is 4.62. The van der Waals surface area contributed by atoms with Crippen LogP contribution >= 0.6 is 0 Å². The summed E-state index contributed by atoms with van der Waals surface area (Å²) in [5.41, 5.74) is 1.26. The minimum atomic E-state index is -0.541. The largest absolute Gasteiger partial charge is 0.508 e. The van der Waals surface area contributed by atoms with E-state index in [4.69, 9.17) is 4.99 Å². The van der Waals surface area contributed by atoms with E-state index in [9.17, 15) is 9.90 Å². The number of nitrogens with zero attached hydrogens (tertiary/aromatic N) is 4. The molecule has 2 aliphatic heterocycles. The number of phenols is 1. The Hall–Kier alpha value is -2.83. The molecule has 4 rings (SSSR count). The van der Waals surface area contributed by atoms with Gasteiger partial charge in [0.05, 0.1) is 0 Å². The first kappa shape index (κ1) is 15.7. The lowest BCUT2D eigenvalue weighted by atomic mass is 10.1. The minimum Gasteiger partial charge on any atom is -0.508 e. The van der Waals surface area contributed by atoms with Crippen LogP contribution in [0.25, 0.3) is 0 Å². The first-order chi connectivity index (χ1) is 12.1. The normalized spacial score (nSPS) is 19.8. The number of aliphatic imine (C=N–C) groups is 1. The van der Waals surface area contributed by atoms with Gasteiger partial charge in [-0.1, -0.05) is 12.1 Å². The van der Waals surface area contributed by atoms with Gasteiger partial charge in [0.2, 0.25) is 11.9 Å². The topological polar surface area (TPSA) is 82.8 Å². The molecular formula is C18H21N5O2. The van der Waals surface area contributed by atoms with E-state index < -0.39 is 6.17 Å². The Labute approximate surface area is 145 Å². The highest BCUT2D eigenvalue weighted by Gasteiger charge is 2.28. The molecule has 2 aliphatic rings. The van der Waals surface area contributed by atoms with Gasteiger partial charge in [0.25, 0.3) is 5.56 Å². The average molecular weight is 339 g/mol. The monoisotopic (exact) mass is 339 g/mol. The van der Waals surface area contributed by atoms with Crippen LogP contribution in [-0.2, 0) is 0 Å². The van der Waals surface area contributed by atoms with E-state index in [1.165, 1.54) is 17.1 Å². The third-order valence-electron chi connectivity index (χ3n) is 4.62. The van der Waals surface area contributed by atoms with E-state index in [1.54, 1.807) is 25.1 Å². The second-order valence-electron chi connectivity index (χ2n) is 6.52. The van der Waals surface area contributed by atoms with Gasteiger partial charge in [-0.3, -0.25) is 14.7 Å². The molecule has 0 unspecified atom stereocenters. The second kappa shape index (κ2) is 6.23. The highest BCUT2D eigenvalue weighted by Crippen LogP contribution is 2.28. The number of anilines is 1. The highest BCUT2D eigenvalue weighted by atomic mass is 16.3. The van der Waals surface area contributed by atoms with Gasteiger partial charge in [-0.05, 0) is 38.3 Å².